The van der Waals surface area contributed by atoms with Crippen molar-refractivity contribution in [2.45, 2.75) is 36.9 Å². The molecule has 94 valence electrons. The average molecular weight is 251 g/mol. The summed E-state index contributed by atoms with van der Waals surface area (Å²) in [7, 11) is 0. The molecule has 1 aromatic heterocycles. The van der Waals surface area contributed by atoms with Gasteiger partial charge in [0.2, 0.25) is 0 Å². The van der Waals surface area contributed by atoms with Gasteiger partial charge in [0.1, 0.15) is 0 Å². The van der Waals surface area contributed by atoms with Crippen LogP contribution in [0.3, 0.4) is 0 Å². The minimum Gasteiger partial charge on any atom is -0.396 e. The van der Waals surface area contributed by atoms with E-state index in [1.54, 1.807) is 12.4 Å². The highest BCUT2D eigenvalue weighted by Gasteiger charge is 2.30. The second-order valence-electron chi connectivity index (χ2n) is 4.76. The zero-order valence-corrected chi connectivity index (χ0v) is 11.2. The molecule has 3 N–H and O–H groups in total. The summed E-state index contributed by atoms with van der Waals surface area (Å²) in [5, 5.41) is 3.49. The van der Waals surface area contributed by atoms with Crippen LogP contribution in [0.1, 0.15) is 32.1 Å². The molecule has 1 heterocycles. The molecule has 0 radical (unpaired) electrons. The maximum absolute atomic E-state index is 5.89. The molecule has 0 atom stereocenters. The van der Waals surface area contributed by atoms with E-state index in [0.29, 0.717) is 4.75 Å². The smallest absolute Gasteiger partial charge is 0.0736 e. The topological polar surface area (TPSA) is 50.9 Å². The first-order valence-electron chi connectivity index (χ1n) is 6.24. The highest BCUT2D eigenvalue weighted by Crippen LogP contribution is 2.38. The van der Waals surface area contributed by atoms with E-state index in [1.807, 2.05) is 17.8 Å². The predicted molar refractivity (Wildman–Crippen MR) is 76.5 cm³/mol. The second-order valence-corrected chi connectivity index (χ2v) is 6.04. The van der Waals surface area contributed by atoms with E-state index in [1.165, 1.54) is 32.1 Å². The van der Waals surface area contributed by atoms with Crippen molar-refractivity contribution in [1.29, 1.82) is 0 Å². The van der Waals surface area contributed by atoms with E-state index in [-0.39, 0.29) is 0 Å². The fourth-order valence-electron chi connectivity index (χ4n) is 2.47. The fraction of sp³-hybridized carbons (Fsp3) is 0.615. The van der Waals surface area contributed by atoms with Gasteiger partial charge < -0.3 is 11.1 Å². The Kier molecular flexibility index (Phi) is 4.15. The average Bonchev–Trinajstić information content (AvgIpc) is 2.39. The highest BCUT2D eigenvalue weighted by atomic mass is 32.2. The minimum absolute atomic E-state index is 0.397. The first kappa shape index (κ1) is 12.6. The van der Waals surface area contributed by atoms with Crippen molar-refractivity contribution in [3.8, 4) is 0 Å². The van der Waals surface area contributed by atoms with Crippen LogP contribution in [0.4, 0.5) is 11.4 Å². The highest BCUT2D eigenvalue weighted by molar-refractivity contribution is 8.00. The van der Waals surface area contributed by atoms with Crippen molar-refractivity contribution < 1.29 is 0 Å². The van der Waals surface area contributed by atoms with Crippen LogP contribution in [-0.2, 0) is 0 Å². The lowest BCUT2D eigenvalue weighted by molar-refractivity contribution is 0.411. The zero-order valence-electron chi connectivity index (χ0n) is 10.4. The molecule has 0 aliphatic heterocycles. The Morgan fingerprint density at radius 3 is 2.82 bits per heavy atom. The van der Waals surface area contributed by atoms with E-state index in [9.17, 15) is 0 Å². The third-order valence-corrected chi connectivity index (χ3v) is 5.07. The fourth-order valence-corrected chi connectivity index (χ4v) is 3.39. The van der Waals surface area contributed by atoms with Crippen LogP contribution in [0.15, 0.2) is 18.5 Å². The van der Waals surface area contributed by atoms with Crippen LogP contribution >= 0.6 is 11.8 Å². The van der Waals surface area contributed by atoms with E-state index in [0.717, 1.165) is 17.9 Å². The van der Waals surface area contributed by atoms with Gasteiger partial charge >= 0.3 is 0 Å². The summed E-state index contributed by atoms with van der Waals surface area (Å²) in [5.41, 5.74) is 7.64. The molecule has 0 unspecified atom stereocenters. The molecule has 17 heavy (non-hydrogen) atoms. The molecule has 4 heteroatoms. The van der Waals surface area contributed by atoms with Crippen LogP contribution < -0.4 is 11.1 Å². The molecule has 0 spiro atoms. The normalized spacial score (nSPS) is 18.9. The van der Waals surface area contributed by atoms with Crippen LogP contribution in [-0.4, -0.2) is 22.5 Å². The molecule has 0 bridgehead atoms. The number of hydrogen-bond acceptors (Lipinski definition) is 4. The van der Waals surface area contributed by atoms with Crippen molar-refractivity contribution in [1.82, 2.24) is 4.98 Å². The molecule has 1 saturated carbocycles. The van der Waals surface area contributed by atoms with Gasteiger partial charge in [-0.05, 0) is 25.2 Å². The lowest BCUT2D eigenvalue weighted by Crippen LogP contribution is -2.35. The molecule has 1 aromatic rings. The van der Waals surface area contributed by atoms with E-state index < -0.39 is 0 Å². The summed E-state index contributed by atoms with van der Waals surface area (Å²) in [6.45, 7) is 1.00. The Labute approximate surface area is 108 Å². The SMILES string of the molecule is CSC1(CNc2ccncc2N)CCCCC1. The number of aromatic nitrogens is 1. The molecule has 1 aliphatic rings. The maximum Gasteiger partial charge on any atom is 0.0736 e. The number of hydrogen-bond donors (Lipinski definition) is 2. The summed E-state index contributed by atoms with van der Waals surface area (Å²) in [6, 6.07) is 1.95. The number of nitrogen functional groups attached to an aromatic ring is 1. The first-order chi connectivity index (χ1) is 8.26. The number of rotatable bonds is 4. The number of nitrogens with zero attached hydrogens (tertiary/aromatic N) is 1. The van der Waals surface area contributed by atoms with Crippen LogP contribution in [0.25, 0.3) is 0 Å². The Balaban J connectivity index is 1.98. The summed E-state index contributed by atoms with van der Waals surface area (Å²) in [6.07, 6.45) is 12.4. The summed E-state index contributed by atoms with van der Waals surface area (Å²) >= 11 is 2.00. The summed E-state index contributed by atoms with van der Waals surface area (Å²) < 4.78 is 0.397. The third kappa shape index (κ3) is 3.06. The molecule has 0 amide bonds. The van der Waals surface area contributed by atoms with Crippen molar-refractivity contribution >= 4 is 23.1 Å². The summed E-state index contributed by atoms with van der Waals surface area (Å²) in [4.78, 5) is 4.01. The van der Waals surface area contributed by atoms with Gasteiger partial charge in [0.05, 0.1) is 17.6 Å². The second kappa shape index (κ2) is 5.63. The van der Waals surface area contributed by atoms with E-state index in [2.05, 4.69) is 16.6 Å². The van der Waals surface area contributed by atoms with E-state index in [4.69, 9.17) is 5.73 Å². The molecule has 0 aromatic carbocycles. The lowest BCUT2D eigenvalue weighted by Gasteiger charge is -2.36. The standard InChI is InChI=1S/C13H21N3S/c1-17-13(6-3-2-4-7-13)10-16-12-5-8-15-9-11(12)14/h5,8-9H,2-4,6-7,10,14H2,1H3,(H,15,16). The Bertz CT molecular complexity index is 361. The molecular weight excluding hydrogens is 230 g/mol. The Hall–Kier alpha value is -0.900. The van der Waals surface area contributed by atoms with Gasteiger partial charge in [-0.3, -0.25) is 4.98 Å². The van der Waals surface area contributed by atoms with Crippen molar-refractivity contribution in [2.75, 3.05) is 23.9 Å². The zero-order chi connectivity index (χ0) is 12.1. The molecule has 2 rings (SSSR count). The minimum atomic E-state index is 0.397. The number of pyridine rings is 1. The summed E-state index contributed by atoms with van der Waals surface area (Å²) in [5.74, 6) is 0. The van der Waals surface area contributed by atoms with Gasteiger partial charge in [-0.1, -0.05) is 19.3 Å². The van der Waals surface area contributed by atoms with Gasteiger partial charge in [-0.2, -0.15) is 11.8 Å². The van der Waals surface area contributed by atoms with Crippen molar-refractivity contribution in [3.63, 3.8) is 0 Å². The van der Waals surface area contributed by atoms with Crippen LogP contribution in [0.5, 0.6) is 0 Å². The molecule has 3 nitrogen and oxygen atoms in total. The number of nitrogens with one attached hydrogen (secondary N) is 1. The first-order valence-corrected chi connectivity index (χ1v) is 7.47. The van der Waals surface area contributed by atoms with Gasteiger partial charge in [-0.25, -0.2) is 0 Å². The van der Waals surface area contributed by atoms with Gasteiger partial charge in [0.15, 0.2) is 0 Å². The molecule has 1 fully saturated rings. The number of thioether (sulfide) groups is 1. The van der Waals surface area contributed by atoms with Gasteiger partial charge in [-0.15, -0.1) is 0 Å². The maximum atomic E-state index is 5.89. The molecule has 1 aliphatic carbocycles. The Morgan fingerprint density at radius 2 is 2.18 bits per heavy atom. The largest absolute Gasteiger partial charge is 0.396 e. The van der Waals surface area contributed by atoms with Crippen molar-refractivity contribution in [2.24, 2.45) is 0 Å². The molecular formula is C13H21N3S. The van der Waals surface area contributed by atoms with Crippen molar-refractivity contribution in [3.05, 3.63) is 18.5 Å². The molecule has 0 saturated heterocycles. The quantitative estimate of drug-likeness (QED) is 0.863. The monoisotopic (exact) mass is 251 g/mol. The number of nitrogens with two attached hydrogens (primary N) is 1. The van der Waals surface area contributed by atoms with Gasteiger partial charge in [0.25, 0.3) is 0 Å². The third-order valence-electron chi connectivity index (χ3n) is 3.65. The van der Waals surface area contributed by atoms with Gasteiger partial charge in [0, 0.05) is 17.5 Å². The van der Waals surface area contributed by atoms with Crippen LogP contribution in [0, 0.1) is 0 Å². The predicted octanol–water partition coefficient (Wildman–Crippen LogP) is 3.14. The number of anilines is 2. The van der Waals surface area contributed by atoms with E-state index >= 15 is 0 Å². The lowest BCUT2D eigenvalue weighted by atomic mass is 9.88. The Morgan fingerprint density at radius 1 is 1.41 bits per heavy atom. The van der Waals surface area contributed by atoms with Crippen LogP contribution in [0.2, 0.25) is 0 Å².